The average Bonchev–Trinajstić information content (AvgIpc) is 2.83. The molecule has 0 saturated carbocycles. The van der Waals surface area contributed by atoms with Crippen molar-refractivity contribution in [1.29, 1.82) is 0 Å². The Morgan fingerprint density at radius 3 is 2.70 bits per heavy atom. The van der Waals surface area contributed by atoms with Gasteiger partial charge in [0.1, 0.15) is 6.61 Å². The van der Waals surface area contributed by atoms with Gasteiger partial charge >= 0.3 is 0 Å². The fourth-order valence-electron chi connectivity index (χ4n) is 1.60. The summed E-state index contributed by atoms with van der Waals surface area (Å²) in [5, 5.41) is 11.3. The van der Waals surface area contributed by atoms with Crippen molar-refractivity contribution in [2.24, 2.45) is 0 Å². The maximum absolute atomic E-state index is 12.0. The molecule has 0 atom stereocenters. The van der Waals surface area contributed by atoms with Gasteiger partial charge in [0.25, 0.3) is 5.91 Å². The van der Waals surface area contributed by atoms with Crippen molar-refractivity contribution in [2.45, 2.75) is 13.8 Å². The van der Waals surface area contributed by atoms with Crippen molar-refractivity contribution in [1.82, 2.24) is 9.97 Å². The average molecular weight is 287 g/mol. The van der Waals surface area contributed by atoms with Gasteiger partial charge in [0.2, 0.25) is 5.95 Å². The Balaban J connectivity index is 2.13. The quantitative estimate of drug-likeness (QED) is 0.825. The van der Waals surface area contributed by atoms with Gasteiger partial charge in [-0.05, 0) is 32.0 Å². The summed E-state index contributed by atoms with van der Waals surface area (Å²) < 4.78 is 0. The number of aryl methyl sites for hydroxylation is 2. The molecule has 2 aromatic rings. The highest BCUT2D eigenvalue weighted by Crippen LogP contribution is 2.16. The van der Waals surface area contributed by atoms with E-state index in [1.54, 1.807) is 12.1 Å². The maximum Gasteiger partial charge on any atom is 0.268 e. The first-order chi connectivity index (χ1) is 9.58. The van der Waals surface area contributed by atoms with Crippen LogP contribution < -0.4 is 5.32 Å². The second-order valence-corrected chi connectivity index (χ2v) is 5.14. The second kappa shape index (κ2) is 6.28. The molecule has 2 heterocycles. The van der Waals surface area contributed by atoms with Gasteiger partial charge in [0, 0.05) is 11.4 Å². The second-order valence-electron chi connectivity index (χ2n) is 4.05. The number of carbonyl (C=O) groups excluding carboxylic acids is 1. The third-order valence-electron chi connectivity index (χ3n) is 2.33. The van der Waals surface area contributed by atoms with Crippen molar-refractivity contribution in [3.05, 3.63) is 39.3 Å². The number of aromatic nitrogens is 2. The molecule has 5 nitrogen and oxygen atoms in total. The number of aliphatic hydroxyl groups is 1. The van der Waals surface area contributed by atoms with Crippen molar-refractivity contribution >= 4 is 23.2 Å². The van der Waals surface area contributed by atoms with Gasteiger partial charge in [-0.3, -0.25) is 10.1 Å². The first kappa shape index (κ1) is 14.2. The molecule has 0 aliphatic rings. The Morgan fingerprint density at radius 1 is 1.35 bits per heavy atom. The van der Waals surface area contributed by atoms with E-state index in [0.717, 1.165) is 16.3 Å². The predicted molar refractivity (Wildman–Crippen MR) is 77.7 cm³/mol. The minimum atomic E-state index is -0.267. The van der Waals surface area contributed by atoms with Crippen LogP contribution in [0, 0.1) is 25.7 Å². The van der Waals surface area contributed by atoms with Crippen LogP contribution in [-0.2, 0) is 0 Å². The molecule has 0 spiro atoms. The predicted octanol–water partition coefficient (Wildman–Crippen LogP) is 1.75. The number of aliphatic hydroxyl groups excluding tert-OH is 1. The van der Waals surface area contributed by atoms with Crippen molar-refractivity contribution in [2.75, 3.05) is 11.9 Å². The number of anilines is 1. The minimum Gasteiger partial charge on any atom is -0.384 e. The molecule has 20 heavy (non-hydrogen) atoms. The smallest absolute Gasteiger partial charge is 0.268 e. The summed E-state index contributed by atoms with van der Waals surface area (Å²) in [5.74, 6) is 5.33. The highest BCUT2D eigenvalue weighted by molar-refractivity contribution is 7.14. The Morgan fingerprint density at radius 2 is 2.05 bits per heavy atom. The number of hydrogen-bond acceptors (Lipinski definition) is 5. The highest BCUT2D eigenvalue weighted by atomic mass is 32.1. The molecule has 0 aromatic carbocycles. The van der Waals surface area contributed by atoms with Crippen LogP contribution in [0.2, 0.25) is 0 Å². The Labute approximate surface area is 120 Å². The SMILES string of the molecule is Cc1cc(C)nc(NC(=O)c2ccc(C#CCO)s2)n1. The molecule has 0 fully saturated rings. The number of rotatable bonds is 2. The first-order valence-electron chi connectivity index (χ1n) is 5.91. The highest BCUT2D eigenvalue weighted by Gasteiger charge is 2.10. The van der Waals surface area contributed by atoms with Crippen molar-refractivity contribution in [3.8, 4) is 11.8 Å². The molecule has 0 bridgehead atoms. The number of nitrogens with zero attached hydrogens (tertiary/aromatic N) is 2. The van der Waals surface area contributed by atoms with E-state index in [2.05, 4.69) is 27.1 Å². The molecule has 0 unspecified atom stereocenters. The van der Waals surface area contributed by atoms with Gasteiger partial charge in [-0.2, -0.15) is 0 Å². The third-order valence-corrected chi connectivity index (χ3v) is 3.33. The first-order valence-corrected chi connectivity index (χ1v) is 6.73. The van der Waals surface area contributed by atoms with Crippen LogP contribution >= 0.6 is 11.3 Å². The van der Waals surface area contributed by atoms with Gasteiger partial charge in [-0.1, -0.05) is 11.8 Å². The molecule has 2 N–H and O–H groups in total. The molecule has 2 aromatic heterocycles. The number of amides is 1. The summed E-state index contributed by atoms with van der Waals surface area (Å²) in [6.45, 7) is 3.49. The third kappa shape index (κ3) is 3.63. The molecule has 1 amide bonds. The molecule has 6 heteroatoms. The fourth-order valence-corrected chi connectivity index (χ4v) is 2.37. The summed E-state index contributed by atoms with van der Waals surface area (Å²) in [5.41, 5.74) is 1.60. The molecule has 0 saturated heterocycles. The fraction of sp³-hybridized carbons (Fsp3) is 0.214. The lowest BCUT2D eigenvalue weighted by atomic mass is 10.3. The van der Waals surface area contributed by atoms with E-state index in [-0.39, 0.29) is 12.5 Å². The van der Waals surface area contributed by atoms with Gasteiger partial charge in [0.05, 0.1) is 9.75 Å². The summed E-state index contributed by atoms with van der Waals surface area (Å²) >= 11 is 1.26. The van der Waals surface area contributed by atoms with Crippen LogP contribution in [0.5, 0.6) is 0 Å². The minimum absolute atomic E-state index is 0.199. The molecule has 2 rings (SSSR count). The van der Waals surface area contributed by atoms with Gasteiger partial charge in [0.15, 0.2) is 0 Å². The molecule has 102 valence electrons. The zero-order chi connectivity index (χ0) is 14.5. The lowest BCUT2D eigenvalue weighted by molar-refractivity contribution is 0.102. The summed E-state index contributed by atoms with van der Waals surface area (Å²) in [7, 11) is 0. The van der Waals surface area contributed by atoms with E-state index in [1.807, 2.05) is 19.9 Å². The number of nitrogens with one attached hydrogen (secondary N) is 1. The van der Waals surface area contributed by atoms with Gasteiger partial charge < -0.3 is 5.11 Å². The van der Waals surface area contributed by atoms with Crippen LogP contribution in [0.15, 0.2) is 18.2 Å². The Kier molecular flexibility index (Phi) is 4.45. The van der Waals surface area contributed by atoms with Crippen LogP contribution in [0.25, 0.3) is 0 Å². The zero-order valence-corrected chi connectivity index (χ0v) is 11.9. The van der Waals surface area contributed by atoms with Crippen LogP contribution in [0.4, 0.5) is 5.95 Å². The van der Waals surface area contributed by atoms with E-state index in [4.69, 9.17) is 5.11 Å². The summed E-state index contributed by atoms with van der Waals surface area (Å²) in [6, 6.07) is 5.26. The van der Waals surface area contributed by atoms with Crippen LogP contribution in [-0.4, -0.2) is 27.6 Å². The van der Waals surface area contributed by atoms with Crippen LogP contribution in [0.3, 0.4) is 0 Å². The molecular formula is C14H13N3O2S. The number of carbonyl (C=O) groups is 1. The topological polar surface area (TPSA) is 75.1 Å². The molecule has 0 aliphatic carbocycles. The van der Waals surface area contributed by atoms with Gasteiger partial charge in [-0.25, -0.2) is 9.97 Å². The lowest BCUT2D eigenvalue weighted by Gasteiger charge is -2.03. The van der Waals surface area contributed by atoms with Crippen LogP contribution in [0.1, 0.15) is 25.9 Å². The monoisotopic (exact) mass is 287 g/mol. The maximum atomic E-state index is 12.0. The standard InChI is InChI=1S/C14H13N3O2S/c1-9-8-10(2)16-14(15-9)17-13(19)12-6-5-11(20-12)4-3-7-18/h5-6,8,18H,7H2,1-2H3,(H,15,16,17,19). The van der Waals surface area contributed by atoms with E-state index in [9.17, 15) is 4.79 Å². The zero-order valence-electron chi connectivity index (χ0n) is 11.1. The summed E-state index contributed by atoms with van der Waals surface area (Å²) in [6.07, 6.45) is 0. The number of thiophene rings is 1. The lowest BCUT2D eigenvalue weighted by Crippen LogP contribution is -2.13. The molecule has 0 aliphatic heterocycles. The van der Waals surface area contributed by atoms with E-state index >= 15 is 0 Å². The van der Waals surface area contributed by atoms with E-state index in [1.165, 1.54) is 11.3 Å². The molecular weight excluding hydrogens is 274 g/mol. The normalized spacial score (nSPS) is 9.75. The van der Waals surface area contributed by atoms with E-state index in [0.29, 0.717) is 10.8 Å². The summed E-state index contributed by atoms with van der Waals surface area (Å²) in [4.78, 5) is 21.6. The number of hydrogen-bond donors (Lipinski definition) is 2. The Bertz CT molecular complexity index is 678. The van der Waals surface area contributed by atoms with Crippen molar-refractivity contribution in [3.63, 3.8) is 0 Å². The van der Waals surface area contributed by atoms with Crippen molar-refractivity contribution < 1.29 is 9.90 Å². The van der Waals surface area contributed by atoms with E-state index < -0.39 is 0 Å². The Hall–Kier alpha value is -2.23. The molecule has 0 radical (unpaired) electrons. The van der Waals surface area contributed by atoms with Gasteiger partial charge in [-0.15, -0.1) is 11.3 Å². The largest absolute Gasteiger partial charge is 0.384 e.